The Morgan fingerprint density at radius 3 is 2.65 bits per heavy atom. The Bertz CT molecular complexity index is 1300. The molecule has 0 N–H and O–H groups in total. The van der Waals surface area contributed by atoms with Crippen LogP contribution in [0.15, 0.2) is 83.1 Å². The molecule has 0 fully saturated rings. The summed E-state index contributed by atoms with van der Waals surface area (Å²) in [5.74, 6) is 0.516. The van der Waals surface area contributed by atoms with Crippen molar-refractivity contribution >= 4 is 35.1 Å². The molecule has 1 aliphatic heterocycles. The Balaban J connectivity index is 1.43. The zero-order chi connectivity index (χ0) is 23.5. The lowest BCUT2D eigenvalue weighted by Crippen LogP contribution is -2.33. The minimum absolute atomic E-state index is 0.0197. The minimum atomic E-state index is -0.321. The van der Waals surface area contributed by atoms with Gasteiger partial charge in [0, 0.05) is 40.3 Å². The lowest BCUT2D eigenvalue weighted by atomic mass is 10.2. The van der Waals surface area contributed by atoms with E-state index in [9.17, 15) is 9.18 Å². The van der Waals surface area contributed by atoms with Gasteiger partial charge in [-0.25, -0.2) is 4.39 Å². The van der Waals surface area contributed by atoms with E-state index in [4.69, 9.17) is 0 Å². The molecule has 172 valence electrons. The van der Waals surface area contributed by atoms with E-state index in [0.717, 1.165) is 28.3 Å². The quantitative estimate of drug-likeness (QED) is 0.345. The number of carbonyl (C=O) groups is 1. The molecule has 0 bridgehead atoms. The topological polar surface area (TPSA) is 63.9 Å². The van der Waals surface area contributed by atoms with Crippen LogP contribution in [-0.2, 0) is 4.79 Å². The first-order valence-electron chi connectivity index (χ1n) is 10.9. The van der Waals surface area contributed by atoms with Crippen LogP contribution in [0.25, 0.3) is 17.1 Å². The Labute approximate surface area is 205 Å². The van der Waals surface area contributed by atoms with Crippen molar-refractivity contribution < 1.29 is 9.18 Å². The first kappa shape index (κ1) is 22.6. The van der Waals surface area contributed by atoms with Gasteiger partial charge in [0.2, 0.25) is 5.91 Å². The third kappa shape index (κ3) is 4.71. The first-order valence-corrected chi connectivity index (χ1v) is 12.8. The van der Waals surface area contributed by atoms with Gasteiger partial charge < -0.3 is 4.90 Å². The lowest BCUT2D eigenvalue weighted by Gasteiger charge is -2.22. The van der Waals surface area contributed by atoms with Crippen LogP contribution in [-0.4, -0.2) is 43.2 Å². The van der Waals surface area contributed by atoms with Gasteiger partial charge in [-0.15, -0.1) is 22.0 Å². The molecular weight excluding hydrogens is 469 g/mol. The van der Waals surface area contributed by atoms with Crippen LogP contribution in [0, 0.1) is 5.82 Å². The summed E-state index contributed by atoms with van der Waals surface area (Å²) in [6.07, 6.45) is 4.30. The average Bonchev–Trinajstić information content (AvgIpc) is 3.20. The molecule has 6 nitrogen and oxygen atoms in total. The fourth-order valence-corrected chi connectivity index (χ4v) is 5.77. The van der Waals surface area contributed by atoms with Crippen LogP contribution in [0.2, 0.25) is 0 Å². The number of nitrogens with zero attached hydrogens (tertiary/aromatic N) is 5. The molecule has 2 aromatic heterocycles. The van der Waals surface area contributed by atoms with Gasteiger partial charge in [-0.2, -0.15) is 0 Å². The SMILES string of the molecule is C[C@@H]1CCN(C(=O)CSc2nnc(-c3ccncc3)n2-c2ccc(F)cc2)c2ccccc2S1. The van der Waals surface area contributed by atoms with E-state index in [1.165, 1.54) is 23.9 Å². The number of benzene rings is 2. The van der Waals surface area contributed by atoms with Gasteiger partial charge in [0.25, 0.3) is 0 Å². The van der Waals surface area contributed by atoms with Crippen LogP contribution in [0.4, 0.5) is 10.1 Å². The summed E-state index contributed by atoms with van der Waals surface area (Å²) in [7, 11) is 0. The highest BCUT2D eigenvalue weighted by Gasteiger charge is 2.25. The third-order valence-corrected chi connectivity index (χ3v) is 7.68. The molecule has 5 rings (SSSR count). The average molecular weight is 492 g/mol. The summed E-state index contributed by atoms with van der Waals surface area (Å²) in [5.41, 5.74) is 2.51. The lowest BCUT2D eigenvalue weighted by molar-refractivity contribution is -0.116. The van der Waals surface area contributed by atoms with E-state index in [1.54, 1.807) is 24.5 Å². The molecule has 0 radical (unpaired) electrons. The Morgan fingerprint density at radius 1 is 1.09 bits per heavy atom. The summed E-state index contributed by atoms with van der Waals surface area (Å²) in [4.78, 5) is 20.4. The number of para-hydroxylation sites is 1. The largest absolute Gasteiger partial charge is 0.311 e. The summed E-state index contributed by atoms with van der Waals surface area (Å²) in [6.45, 7) is 2.87. The Kier molecular flexibility index (Phi) is 6.64. The molecule has 4 aromatic rings. The molecule has 1 amide bonds. The van der Waals surface area contributed by atoms with Crippen molar-refractivity contribution in [1.29, 1.82) is 0 Å². The predicted octanol–water partition coefficient (Wildman–Crippen LogP) is 5.48. The predicted molar refractivity (Wildman–Crippen MR) is 134 cm³/mol. The highest BCUT2D eigenvalue weighted by atomic mass is 32.2. The summed E-state index contributed by atoms with van der Waals surface area (Å²) >= 11 is 3.13. The number of hydrogen-bond acceptors (Lipinski definition) is 6. The molecule has 3 heterocycles. The number of amides is 1. The first-order chi connectivity index (χ1) is 16.6. The number of fused-ring (bicyclic) bond motifs is 1. The van der Waals surface area contributed by atoms with Crippen molar-refractivity contribution in [1.82, 2.24) is 19.7 Å². The summed E-state index contributed by atoms with van der Waals surface area (Å²) in [5, 5.41) is 9.76. The number of pyridine rings is 1. The highest BCUT2D eigenvalue weighted by Crippen LogP contribution is 2.38. The van der Waals surface area contributed by atoms with E-state index in [1.807, 2.05) is 51.6 Å². The van der Waals surface area contributed by atoms with Crippen LogP contribution < -0.4 is 4.90 Å². The van der Waals surface area contributed by atoms with E-state index >= 15 is 0 Å². The number of aromatic nitrogens is 4. The molecule has 0 aliphatic carbocycles. The number of rotatable bonds is 5. The van der Waals surface area contributed by atoms with Gasteiger partial charge in [-0.3, -0.25) is 14.3 Å². The normalized spacial score (nSPS) is 15.6. The van der Waals surface area contributed by atoms with Crippen molar-refractivity contribution in [3.05, 3.63) is 78.9 Å². The van der Waals surface area contributed by atoms with Crippen molar-refractivity contribution in [2.24, 2.45) is 0 Å². The van der Waals surface area contributed by atoms with E-state index in [-0.39, 0.29) is 17.5 Å². The van der Waals surface area contributed by atoms with Crippen molar-refractivity contribution in [2.45, 2.75) is 28.6 Å². The molecule has 0 spiro atoms. The summed E-state index contributed by atoms with van der Waals surface area (Å²) in [6, 6.07) is 17.9. The smallest absolute Gasteiger partial charge is 0.237 e. The molecule has 0 saturated heterocycles. The fourth-order valence-electron chi connectivity index (χ4n) is 3.82. The molecular formula is C25H22FN5OS2. The molecule has 1 atom stereocenters. The number of thioether (sulfide) groups is 2. The summed E-state index contributed by atoms with van der Waals surface area (Å²) < 4.78 is 15.4. The third-order valence-electron chi connectivity index (χ3n) is 5.53. The monoisotopic (exact) mass is 491 g/mol. The maximum Gasteiger partial charge on any atom is 0.237 e. The van der Waals surface area contributed by atoms with Gasteiger partial charge in [0.05, 0.1) is 11.4 Å². The van der Waals surface area contributed by atoms with Gasteiger partial charge in [0.1, 0.15) is 5.82 Å². The molecule has 9 heteroatoms. The Morgan fingerprint density at radius 2 is 1.85 bits per heavy atom. The van der Waals surface area contributed by atoms with Crippen molar-refractivity contribution in [3.8, 4) is 17.1 Å². The molecule has 0 unspecified atom stereocenters. The van der Waals surface area contributed by atoms with Crippen molar-refractivity contribution in [3.63, 3.8) is 0 Å². The molecule has 34 heavy (non-hydrogen) atoms. The van der Waals surface area contributed by atoms with Gasteiger partial charge >= 0.3 is 0 Å². The maximum atomic E-state index is 13.6. The zero-order valence-electron chi connectivity index (χ0n) is 18.5. The number of halogens is 1. The fraction of sp³-hybridized carbons (Fsp3) is 0.200. The second-order valence-electron chi connectivity index (χ2n) is 7.87. The second-order valence-corrected chi connectivity index (χ2v) is 10.3. The standard InChI is InChI=1S/C25H22FN5OS2/c1-17-12-15-30(21-4-2-3-5-22(21)34-17)23(32)16-33-25-29-28-24(18-10-13-27-14-11-18)31(25)20-8-6-19(26)7-9-20/h2-11,13-14,17H,12,15-16H2,1H3/t17-/m1/s1. The van der Waals surface area contributed by atoms with Crippen LogP contribution >= 0.6 is 23.5 Å². The van der Waals surface area contributed by atoms with E-state index in [2.05, 4.69) is 28.2 Å². The van der Waals surface area contributed by atoms with Gasteiger partial charge in [-0.1, -0.05) is 30.8 Å². The van der Waals surface area contributed by atoms with Crippen molar-refractivity contribution in [2.75, 3.05) is 17.2 Å². The second kappa shape index (κ2) is 9.99. The van der Waals surface area contributed by atoms with E-state index < -0.39 is 0 Å². The number of carbonyl (C=O) groups excluding carboxylic acids is 1. The van der Waals surface area contributed by atoms with Crippen LogP contribution in [0.3, 0.4) is 0 Å². The van der Waals surface area contributed by atoms with E-state index in [0.29, 0.717) is 22.8 Å². The van der Waals surface area contributed by atoms with Crippen LogP contribution in [0.5, 0.6) is 0 Å². The highest BCUT2D eigenvalue weighted by molar-refractivity contribution is 8.00. The van der Waals surface area contributed by atoms with Gasteiger partial charge in [0.15, 0.2) is 11.0 Å². The molecule has 2 aromatic carbocycles. The number of hydrogen-bond donors (Lipinski definition) is 0. The number of anilines is 1. The van der Waals surface area contributed by atoms with Gasteiger partial charge in [-0.05, 0) is 55.0 Å². The van der Waals surface area contributed by atoms with Crippen LogP contribution in [0.1, 0.15) is 13.3 Å². The minimum Gasteiger partial charge on any atom is -0.311 e. The molecule has 1 aliphatic rings. The molecule has 0 saturated carbocycles. The Hall–Kier alpha value is -3.17. The zero-order valence-corrected chi connectivity index (χ0v) is 20.1. The maximum absolute atomic E-state index is 13.6.